The monoisotopic (exact) mass is 203 g/mol. The Labute approximate surface area is 77.2 Å². The summed E-state index contributed by atoms with van der Waals surface area (Å²) in [6, 6.07) is 5.69. The van der Waals surface area contributed by atoms with E-state index in [1.54, 1.807) is 0 Å². The summed E-state index contributed by atoms with van der Waals surface area (Å²) in [5.41, 5.74) is 1.89. The van der Waals surface area contributed by atoms with Crippen molar-refractivity contribution in [1.29, 1.82) is 0 Å². The van der Waals surface area contributed by atoms with Crippen LogP contribution < -0.4 is 4.52 Å². The number of rotatable bonds is 2. The second-order valence-electron chi connectivity index (χ2n) is 2.52. The SMILES string of the molecule is Cc1cccc(C)c1O[P+](=O)Cl. The van der Waals surface area contributed by atoms with Gasteiger partial charge in [0.25, 0.3) is 11.2 Å². The fourth-order valence-electron chi connectivity index (χ4n) is 1.01. The Balaban J connectivity index is 3.04. The summed E-state index contributed by atoms with van der Waals surface area (Å²) in [7, 11) is -2.09. The van der Waals surface area contributed by atoms with Gasteiger partial charge < -0.3 is 0 Å². The average Bonchev–Trinajstić information content (AvgIpc) is 1.97. The molecule has 1 rings (SSSR count). The van der Waals surface area contributed by atoms with E-state index >= 15 is 0 Å². The van der Waals surface area contributed by atoms with Crippen molar-refractivity contribution in [2.75, 3.05) is 0 Å². The first-order valence-corrected chi connectivity index (χ1v) is 5.56. The van der Waals surface area contributed by atoms with Crippen molar-refractivity contribution in [3.05, 3.63) is 29.3 Å². The molecule has 1 unspecified atom stereocenters. The third-order valence-electron chi connectivity index (χ3n) is 1.57. The first-order chi connectivity index (χ1) is 5.61. The average molecular weight is 204 g/mol. The first kappa shape index (κ1) is 9.50. The van der Waals surface area contributed by atoms with Gasteiger partial charge in [-0.3, -0.25) is 0 Å². The molecule has 0 aliphatic carbocycles. The Hall–Kier alpha value is -0.590. The van der Waals surface area contributed by atoms with E-state index in [1.807, 2.05) is 32.0 Å². The Morgan fingerprint density at radius 2 is 1.83 bits per heavy atom. The third kappa shape index (κ3) is 2.20. The Morgan fingerprint density at radius 1 is 1.33 bits per heavy atom. The number of hydrogen-bond acceptors (Lipinski definition) is 2. The molecule has 1 atom stereocenters. The van der Waals surface area contributed by atoms with Crippen LogP contribution in [0.3, 0.4) is 0 Å². The molecule has 4 heteroatoms. The van der Waals surface area contributed by atoms with Crippen LogP contribution in [0.4, 0.5) is 0 Å². The van der Waals surface area contributed by atoms with Crippen LogP contribution in [0.1, 0.15) is 11.1 Å². The number of halogens is 1. The molecule has 0 radical (unpaired) electrons. The van der Waals surface area contributed by atoms with E-state index in [0.717, 1.165) is 11.1 Å². The van der Waals surface area contributed by atoms with Gasteiger partial charge in [0.15, 0.2) is 5.75 Å². The fourth-order valence-corrected chi connectivity index (χ4v) is 1.65. The molecule has 0 spiro atoms. The molecule has 1 aromatic carbocycles. The first-order valence-electron chi connectivity index (χ1n) is 3.48. The highest BCUT2D eigenvalue weighted by molar-refractivity contribution is 7.70. The molecule has 2 nitrogen and oxygen atoms in total. The van der Waals surface area contributed by atoms with Crippen LogP contribution >= 0.6 is 18.6 Å². The Morgan fingerprint density at radius 3 is 2.25 bits per heavy atom. The van der Waals surface area contributed by atoms with Gasteiger partial charge in [0.05, 0.1) is 0 Å². The highest BCUT2D eigenvalue weighted by Crippen LogP contribution is 2.34. The fraction of sp³-hybridized carbons (Fsp3) is 0.250. The summed E-state index contributed by atoms with van der Waals surface area (Å²) in [5.74, 6) is 0.619. The molecule has 0 aliphatic rings. The molecule has 1 aromatic rings. The van der Waals surface area contributed by atoms with Crippen molar-refractivity contribution in [2.24, 2.45) is 0 Å². The van der Waals surface area contributed by atoms with E-state index < -0.39 is 7.38 Å². The van der Waals surface area contributed by atoms with Crippen molar-refractivity contribution >= 4 is 18.6 Å². The molecule has 0 N–H and O–H groups in total. The third-order valence-corrected chi connectivity index (χ3v) is 2.10. The normalized spacial score (nSPS) is 11.1. The van der Waals surface area contributed by atoms with Crippen LogP contribution in [0.5, 0.6) is 5.75 Å². The van der Waals surface area contributed by atoms with E-state index in [1.165, 1.54) is 0 Å². The zero-order valence-electron chi connectivity index (χ0n) is 6.87. The number of para-hydroxylation sites is 1. The molecule has 0 amide bonds. The summed E-state index contributed by atoms with van der Waals surface area (Å²) in [6.07, 6.45) is 0. The van der Waals surface area contributed by atoms with E-state index in [2.05, 4.69) is 0 Å². The highest BCUT2D eigenvalue weighted by atomic mass is 35.7. The lowest BCUT2D eigenvalue weighted by atomic mass is 10.1. The number of aryl methyl sites for hydroxylation is 2. The molecule has 0 saturated carbocycles. The van der Waals surface area contributed by atoms with Crippen LogP contribution in [0.25, 0.3) is 0 Å². The number of hydrogen-bond donors (Lipinski definition) is 0. The second-order valence-corrected chi connectivity index (χ2v) is 3.96. The van der Waals surface area contributed by atoms with Crippen LogP contribution in [0, 0.1) is 13.8 Å². The van der Waals surface area contributed by atoms with Crippen LogP contribution in [0.2, 0.25) is 0 Å². The zero-order valence-corrected chi connectivity index (χ0v) is 8.52. The van der Waals surface area contributed by atoms with E-state index in [-0.39, 0.29) is 0 Å². The molecule has 64 valence electrons. The molecule has 0 bridgehead atoms. The topological polar surface area (TPSA) is 26.3 Å². The minimum atomic E-state index is -2.09. The molecule has 0 aromatic heterocycles. The predicted octanol–water partition coefficient (Wildman–Crippen LogP) is 3.58. The predicted molar refractivity (Wildman–Crippen MR) is 50.0 cm³/mol. The summed E-state index contributed by atoms with van der Waals surface area (Å²) >= 11 is 5.24. The van der Waals surface area contributed by atoms with Crippen molar-refractivity contribution < 1.29 is 9.09 Å². The standard InChI is InChI=1S/C8H9ClO2P/c1-6-4-3-5-7(2)8(6)11-12(9)10/h3-5H,1-2H3/q+1. The van der Waals surface area contributed by atoms with Gasteiger partial charge in [0.2, 0.25) is 0 Å². The lowest BCUT2D eigenvalue weighted by Gasteiger charge is -2.00. The van der Waals surface area contributed by atoms with Gasteiger partial charge in [-0.05, 0) is 25.0 Å². The van der Waals surface area contributed by atoms with Gasteiger partial charge in [0.1, 0.15) is 0 Å². The van der Waals surface area contributed by atoms with Crippen LogP contribution in [-0.4, -0.2) is 0 Å². The van der Waals surface area contributed by atoms with Crippen molar-refractivity contribution in [1.82, 2.24) is 0 Å². The van der Waals surface area contributed by atoms with E-state index in [0.29, 0.717) is 5.75 Å². The van der Waals surface area contributed by atoms with Gasteiger partial charge in [-0.2, -0.15) is 0 Å². The minimum absolute atomic E-state index is 0.619. The molecule has 0 heterocycles. The van der Waals surface area contributed by atoms with Crippen molar-refractivity contribution in [3.63, 3.8) is 0 Å². The quantitative estimate of drug-likeness (QED) is 0.687. The summed E-state index contributed by atoms with van der Waals surface area (Å²) in [5, 5.41) is 0. The van der Waals surface area contributed by atoms with Gasteiger partial charge in [-0.25, -0.2) is 4.52 Å². The second kappa shape index (κ2) is 3.88. The maximum Gasteiger partial charge on any atom is 0.683 e. The molecule has 0 fully saturated rings. The van der Waals surface area contributed by atoms with Gasteiger partial charge >= 0.3 is 7.38 Å². The summed E-state index contributed by atoms with van der Waals surface area (Å²) in [6.45, 7) is 3.77. The molecular formula is C8H9ClO2P+. The largest absolute Gasteiger partial charge is 0.683 e. The lowest BCUT2D eigenvalue weighted by molar-refractivity contribution is 0.515. The van der Waals surface area contributed by atoms with Gasteiger partial charge in [0, 0.05) is 4.57 Å². The molecule has 0 saturated heterocycles. The summed E-state index contributed by atoms with van der Waals surface area (Å²) < 4.78 is 15.6. The Kier molecular flexibility index (Phi) is 3.07. The smallest absolute Gasteiger partial charge is 0.240 e. The zero-order chi connectivity index (χ0) is 9.14. The van der Waals surface area contributed by atoms with E-state index in [4.69, 9.17) is 15.8 Å². The van der Waals surface area contributed by atoms with Crippen LogP contribution in [0.15, 0.2) is 18.2 Å². The van der Waals surface area contributed by atoms with Crippen LogP contribution in [-0.2, 0) is 4.57 Å². The minimum Gasteiger partial charge on any atom is -0.240 e. The number of benzene rings is 1. The highest BCUT2D eigenvalue weighted by Gasteiger charge is 2.18. The molecular weight excluding hydrogens is 195 g/mol. The van der Waals surface area contributed by atoms with Crippen molar-refractivity contribution in [3.8, 4) is 5.75 Å². The van der Waals surface area contributed by atoms with Crippen molar-refractivity contribution in [2.45, 2.75) is 13.8 Å². The maximum atomic E-state index is 10.6. The lowest BCUT2D eigenvalue weighted by Crippen LogP contribution is -1.86. The van der Waals surface area contributed by atoms with Gasteiger partial charge in [-0.1, -0.05) is 18.2 Å². The van der Waals surface area contributed by atoms with E-state index in [9.17, 15) is 4.57 Å². The molecule has 12 heavy (non-hydrogen) atoms. The Bertz CT molecular complexity index is 292. The summed E-state index contributed by atoms with van der Waals surface area (Å²) in [4.78, 5) is 0. The maximum absolute atomic E-state index is 10.6. The van der Waals surface area contributed by atoms with Gasteiger partial charge in [-0.15, -0.1) is 0 Å². The molecule has 0 aliphatic heterocycles.